The minimum absolute atomic E-state index is 0.00333. The van der Waals surface area contributed by atoms with Crippen molar-refractivity contribution in [1.29, 1.82) is 5.26 Å². The second kappa shape index (κ2) is 5.98. The van der Waals surface area contributed by atoms with Gasteiger partial charge in [0.05, 0.1) is 18.9 Å². The summed E-state index contributed by atoms with van der Waals surface area (Å²) in [5.74, 6) is 0.00333. The van der Waals surface area contributed by atoms with E-state index in [9.17, 15) is 4.79 Å². The normalized spacial score (nSPS) is 12.1. The molecule has 20 heavy (non-hydrogen) atoms. The van der Waals surface area contributed by atoms with Crippen LogP contribution in [0.4, 0.5) is 0 Å². The summed E-state index contributed by atoms with van der Waals surface area (Å²) < 4.78 is 0. The minimum Gasteiger partial charge on any atom is -0.361 e. The smallest absolute Gasteiger partial charge is 0.227 e. The lowest BCUT2D eigenvalue weighted by Crippen LogP contribution is -2.35. The van der Waals surface area contributed by atoms with Crippen molar-refractivity contribution in [2.45, 2.75) is 25.8 Å². The number of likely N-dealkylation sites (N-methyl/N-ethyl adjacent to an activating group) is 1. The van der Waals surface area contributed by atoms with Gasteiger partial charge >= 0.3 is 0 Å². The number of hydrogen-bond acceptors (Lipinski definition) is 2. The van der Waals surface area contributed by atoms with E-state index in [0.717, 1.165) is 16.5 Å². The van der Waals surface area contributed by atoms with E-state index >= 15 is 0 Å². The molecule has 0 saturated carbocycles. The van der Waals surface area contributed by atoms with Crippen LogP contribution < -0.4 is 0 Å². The lowest BCUT2D eigenvalue weighted by Gasteiger charge is -2.22. The van der Waals surface area contributed by atoms with Crippen LogP contribution in [0.5, 0.6) is 0 Å². The van der Waals surface area contributed by atoms with Crippen LogP contribution >= 0.6 is 11.6 Å². The molecule has 1 aromatic carbocycles. The van der Waals surface area contributed by atoms with Gasteiger partial charge in [-0.05, 0) is 24.6 Å². The van der Waals surface area contributed by atoms with Crippen LogP contribution in [0.15, 0.2) is 24.4 Å². The highest BCUT2D eigenvalue weighted by Gasteiger charge is 2.17. The first-order valence-corrected chi connectivity index (χ1v) is 6.79. The van der Waals surface area contributed by atoms with Crippen molar-refractivity contribution in [3.8, 4) is 6.07 Å². The predicted octanol–water partition coefficient (Wildman–Crippen LogP) is 3.12. The van der Waals surface area contributed by atoms with Crippen molar-refractivity contribution in [2.75, 3.05) is 7.05 Å². The molecule has 2 aromatic rings. The standard InChI is InChI=1S/C15H16ClN3O/c1-10(5-6-17)19(2)15(20)7-11-9-18-14-8-12(16)3-4-13(11)14/h3-4,8-10,18H,5,7H2,1-2H3/t10-/m1/s1. The summed E-state index contributed by atoms with van der Waals surface area (Å²) >= 11 is 5.93. The summed E-state index contributed by atoms with van der Waals surface area (Å²) in [5.41, 5.74) is 1.87. The molecule has 0 aliphatic heterocycles. The van der Waals surface area contributed by atoms with Gasteiger partial charge in [0, 0.05) is 35.2 Å². The maximum atomic E-state index is 12.2. The van der Waals surface area contributed by atoms with Crippen molar-refractivity contribution in [2.24, 2.45) is 0 Å². The molecule has 0 saturated heterocycles. The third kappa shape index (κ3) is 2.94. The van der Waals surface area contributed by atoms with Crippen LogP contribution in [0.1, 0.15) is 18.9 Å². The summed E-state index contributed by atoms with van der Waals surface area (Å²) in [4.78, 5) is 17.0. The lowest BCUT2D eigenvalue weighted by molar-refractivity contribution is -0.130. The molecule has 0 fully saturated rings. The molecular formula is C15H16ClN3O. The van der Waals surface area contributed by atoms with Gasteiger partial charge in [-0.25, -0.2) is 0 Å². The quantitative estimate of drug-likeness (QED) is 0.940. The maximum absolute atomic E-state index is 12.2. The Hall–Kier alpha value is -1.99. The third-order valence-corrected chi connectivity index (χ3v) is 3.75. The van der Waals surface area contributed by atoms with Gasteiger partial charge in [0.25, 0.3) is 0 Å². The Bertz CT molecular complexity index is 671. The van der Waals surface area contributed by atoms with E-state index in [1.54, 1.807) is 11.9 Å². The second-order valence-corrected chi connectivity index (χ2v) is 5.33. The third-order valence-electron chi connectivity index (χ3n) is 3.51. The molecule has 1 aromatic heterocycles. The molecule has 5 heteroatoms. The number of nitriles is 1. The monoisotopic (exact) mass is 289 g/mol. The van der Waals surface area contributed by atoms with E-state index in [4.69, 9.17) is 16.9 Å². The summed E-state index contributed by atoms with van der Waals surface area (Å²) in [7, 11) is 1.73. The zero-order valence-electron chi connectivity index (χ0n) is 11.5. The molecule has 0 bridgehead atoms. The van der Waals surface area contributed by atoms with E-state index in [-0.39, 0.29) is 11.9 Å². The molecular weight excluding hydrogens is 274 g/mol. The molecule has 1 atom stereocenters. The number of nitrogens with one attached hydrogen (secondary N) is 1. The molecule has 104 valence electrons. The van der Waals surface area contributed by atoms with Gasteiger partial charge in [-0.2, -0.15) is 5.26 Å². The average Bonchev–Trinajstić information content (AvgIpc) is 2.80. The van der Waals surface area contributed by atoms with E-state index in [0.29, 0.717) is 17.9 Å². The van der Waals surface area contributed by atoms with Gasteiger partial charge in [-0.1, -0.05) is 17.7 Å². The average molecular weight is 290 g/mol. The maximum Gasteiger partial charge on any atom is 0.227 e. The Kier molecular flexibility index (Phi) is 4.31. The first-order chi connectivity index (χ1) is 9.52. The molecule has 1 heterocycles. The Morgan fingerprint density at radius 3 is 3.00 bits per heavy atom. The highest BCUT2D eigenvalue weighted by Crippen LogP contribution is 2.22. The molecule has 0 unspecified atom stereocenters. The fourth-order valence-electron chi connectivity index (χ4n) is 2.11. The predicted molar refractivity (Wildman–Crippen MR) is 79.5 cm³/mol. The van der Waals surface area contributed by atoms with Crippen molar-refractivity contribution >= 4 is 28.4 Å². The van der Waals surface area contributed by atoms with E-state index in [1.807, 2.05) is 31.3 Å². The van der Waals surface area contributed by atoms with Crippen LogP contribution in [0.3, 0.4) is 0 Å². The molecule has 0 radical (unpaired) electrons. The van der Waals surface area contributed by atoms with Crippen LogP contribution in [0.2, 0.25) is 5.02 Å². The van der Waals surface area contributed by atoms with Crippen LogP contribution in [-0.2, 0) is 11.2 Å². The highest BCUT2D eigenvalue weighted by molar-refractivity contribution is 6.31. The number of carbonyl (C=O) groups is 1. The van der Waals surface area contributed by atoms with Crippen LogP contribution in [-0.4, -0.2) is 28.9 Å². The molecule has 1 amide bonds. The fourth-order valence-corrected chi connectivity index (χ4v) is 2.28. The van der Waals surface area contributed by atoms with Crippen molar-refractivity contribution in [1.82, 2.24) is 9.88 Å². The summed E-state index contributed by atoms with van der Waals surface area (Å²) in [5, 5.41) is 10.4. The van der Waals surface area contributed by atoms with Crippen molar-refractivity contribution in [3.63, 3.8) is 0 Å². The van der Waals surface area contributed by atoms with E-state index in [1.165, 1.54) is 0 Å². The van der Waals surface area contributed by atoms with Gasteiger partial charge in [-0.15, -0.1) is 0 Å². The number of benzene rings is 1. The molecule has 1 N–H and O–H groups in total. The van der Waals surface area contributed by atoms with Crippen molar-refractivity contribution in [3.05, 3.63) is 35.0 Å². The molecule has 0 aliphatic rings. The minimum atomic E-state index is -0.0767. The van der Waals surface area contributed by atoms with Gasteiger partial charge in [0.15, 0.2) is 0 Å². The summed E-state index contributed by atoms with van der Waals surface area (Å²) in [6, 6.07) is 7.57. The fraction of sp³-hybridized carbons (Fsp3) is 0.333. The number of aromatic amines is 1. The topological polar surface area (TPSA) is 59.9 Å². The second-order valence-electron chi connectivity index (χ2n) is 4.90. The Morgan fingerprint density at radius 2 is 2.30 bits per heavy atom. The molecule has 0 aliphatic carbocycles. The lowest BCUT2D eigenvalue weighted by atomic mass is 10.1. The number of halogens is 1. The SMILES string of the molecule is C[C@H](CC#N)N(C)C(=O)Cc1c[nH]c2cc(Cl)ccc12. The first kappa shape index (κ1) is 14.4. The zero-order valence-corrected chi connectivity index (χ0v) is 12.2. The first-order valence-electron chi connectivity index (χ1n) is 6.41. The van der Waals surface area contributed by atoms with E-state index < -0.39 is 0 Å². The van der Waals surface area contributed by atoms with Crippen molar-refractivity contribution < 1.29 is 4.79 Å². The van der Waals surface area contributed by atoms with Gasteiger partial charge in [-0.3, -0.25) is 4.79 Å². The van der Waals surface area contributed by atoms with Crippen LogP contribution in [0.25, 0.3) is 10.9 Å². The largest absolute Gasteiger partial charge is 0.361 e. The number of aromatic nitrogens is 1. The van der Waals surface area contributed by atoms with Gasteiger partial charge in [0.2, 0.25) is 5.91 Å². The Morgan fingerprint density at radius 1 is 1.55 bits per heavy atom. The number of amides is 1. The Labute approximate surface area is 122 Å². The molecule has 0 spiro atoms. The van der Waals surface area contributed by atoms with Crippen LogP contribution in [0, 0.1) is 11.3 Å². The summed E-state index contributed by atoms with van der Waals surface area (Å²) in [6.45, 7) is 1.87. The number of fused-ring (bicyclic) bond motifs is 1. The van der Waals surface area contributed by atoms with E-state index in [2.05, 4.69) is 11.1 Å². The number of nitrogens with zero attached hydrogens (tertiary/aromatic N) is 2. The zero-order chi connectivity index (χ0) is 14.7. The van der Waals surface area contributed by atoms with Gasteiger partial charge < -0.3 is 9.88 Å². The number of carbonyl (C=O) groups excluding carboxylic acids is 1. The summed E-state index contributed by atoms with van der Waals surface area (Å²) in [6.07, 6.45) is 2.49. The highest BCUT2D eigenvalue weighted by atomic mass is 35.5. The number of hydrogen-bond donors (Lipinski definition) is 1. The molecule has 2 rings (SSSR count). The van der Waals surface area contributed by atoms with Gasteiger partial charge in [0.1, 0.15) is 0 Å². The Balaban J connectivity index is 2.16. The number of rotatable bonds is 4. The molecule has 4 nitrogen and oxygen atoms in total. The number of H-pyrrole nitrogens is 1.